The van der Waals surface area contributed by atoms with E-state index in [0.29, 0.717) is 28.5 Å². The summed E-state index contributed by atoms with van der Waals surface area (Å²) in [5.41, 5.74) is 1.84. The summed E-state index contributed by atoms with van der Waals surface area (Å²) in [4.78, 5) is 26.9. The van der Waals surface area contributed by atoms with Gasteiger partial charge in [-0.05, 0) is 60.0 Å². The summed E-state index contributed by atoms with van der Waals surface area (Å²) in [5, 5.41) is 12.2. The molecule has 2 aromatic heterocycles. The van der Waals surface area contributed by atoms with Crippen molar-refractivity contribution in [2.24, 2.45) is 0 Å². The van der Waals surface area contributed by atoms with Crippen LogP contribution in [-0.4, -0.2) is 40.0 Å². The topological polar surface area (TPSA) is 88.3 Å². The van der Waals surface area contributed by atoms with Gasteiger partial charge in [-0.2, -0.15) is 0 Å². The predicted octanol–water partition coefficient (Wildman–Crippen LogP) is 4.47. The van der Waals surface area contributed by atoms with E-state index in [-0.39, 0.29) is 17.7 Å². The number of benzene rings is 1. The lowest BCUT2D eigenvalue weighted by Gasteiger charge is -2.30. The number of aryl methyl sites for hydroxylation is 1. The Hall–Kier alpha value is -2.52. The fourth-order valence-corrected chi connectivity index (χ4v) is 4.43. The summed E-state index contributed by atoms with van der Waals surface area (Å²) in [5.74, 6) is -0.0403. The van der Waals surface area contributed by atoms with Gasteiger partial charge in [0.1, 0.15) is 5.01 Å². The Labute approximate surface area is 180 Å². The molecular weight excluding hydrogens is 456 g/mol. The number of furan rings is 1. The number of amides is 2. The molecule has 0 radical (unpaired) electrons. The van der Waals surface area contributed by atoms with E-state index < -0.39 is 0 Å². The number of carbonyl (C=O) groups excluding carboxylic acids is 2. The third-order valence-corrected chi connectivity index (χ3v) is 6.30. The molecule has 7 nitrogen and oxygen atoms in total. The van der Waals surface area contributed by atoms with E-state index in [9.17, 15) is 9.59 Å². The van der Waals surface area contributed by atoms with Crippen LogP contribution in [0.2, 0.25) is 0 Å². The molecule has 0 spiro atoms. The lowest BCUT2D eigenvalue weighted by atomic mass is 9.98. The standard InChI is InChI=1S/C20H19BrN4O3S/c1-12-4-6-14(7-5-12)22-17(26)19-24-23-18(29-19)13-3-2-10-25(11-13)20(27)15-8-9-16(21)28-15/h4-9,13H,2-3,10-11H2,1H3,(H,22,26)/t13-/m1/s1. The third-order valence-electron chi connectivity index (χ3n) is 4.79. The molecule has 1 aromatic carbocycles. The minimum atomic E-state index is -0.276. The van der Waals surface area contributed by atoms with Crippen LogP contribution >= 0.6 is 27.3 Å². The van der Waals surface area contributed by atoms with Crippen molar-refractivity contribution < 1.29 is 14.0 Å². The number of rotatable bonds is 4. The number of nitrogens with one attached hydrogen (secondary N) is 1. The highest BCUT2D eigenvalue weighted by Crippen LogP contribution is 2.30. The molecule has 0 saturated carbocycles. The summed E-state index contributed by atoms with van der Waals surface area (Å²) in [6.45, 7) is 3.20. The van der Waals surface area contributed by atoms with Gasteiger partial charge in [0.2, 0.25) is 5.01 Å². The van der Waals surface area contributed by atoms with E-state index in [1.54, 1.807) is 17.0 Å². The lowest BCUT2D eigenvalue weighted by molar-refractivity contribution is 0.0673. The van der Waals surface area contributed by atoms with E-state index >= 15 is 0 Å². The summed E-state index contributed by atoms with van der Waals surface area (Å²) >= 11 is 4.50. The Bertz CT molecular complexity index is 1030. The fourth-order valence-electron chi connectivity index (χ4n) is 3.26. The second-order valence-electron chi connectivity index (χ2n) is 6.96. The van der Waals surface area contributed by atoms with Crippen LogP contribution in [0, 0.1) is 6.92 Å². The van der Waals surface area contributed by atoms with Crippen LogP contribution in [0.1, 0.15) is 49.7 Å². The minimum absolute atomic E-state index is 0.0597. The Kier molecular flexibility index (Phi) is 5.77. The van der Waals surface area contributed by atoms with E-state index in [1.165, 1.54) is 11.3 Å². The lowest BCUT2D eigenvalue weighted by Crippen LogP contribution is -2.38. The molecule has 1 atom stereocenters. The number of hydrogen-bond acceptors (Lipinski definition) is 6. The highest BCUT2D eigenvalue weighted by atomic mass is 79.9. The zero-order valence-corrected chi connectivity index (χ0v) is 18.1. The van der Waals surface area contributed by atoms with Crippen molar-refractivity contribution in [3.05, 3.63) is 62.4 Å². The molecule has 0 bridgehead atoms. The zero-order chi connectivity index (χ0) is 20.4. The van der Waals surface area contributed by atoms with E-state index in [1.807, 2.05) is 31.2 Å². The molecule has 1 N–H and O–H groups in total. The molecule has 1 aliphatic heterocycles. The molecule has 4 rings (SSSR count). The maximum Gasteiger partial charge on any atom is 0.289 e. The number of piperidine rings is 1. The largest absolute Gasteiger partial charge is 0.444 e. The smallest absolute Gasteiger partial charge is 0.289 e. The molecule has 1 fully saturated rings. The molecule has 29 heavy (non-hydrogen) atoms. The monoisotopic (exact) mass is 474 g/mol. The van der Waals surface area contributed by atoms with Crippen molar-refractivity contribution in [2.75, 3.05) is 18.4 Å². The highest BCUT2D eigenvalue weighted by molar-refractivity contribution is 9.10. The van der Waals surface area contributed by atoms with Crippen LogP contribution in [0.5, 0.6) is 0 Å². The number of likely N-dealkylation sites (tertiary alicyclic amines) is 1. The second kappa shape index (κ2) is 8.46. The van der Waals surface area contributed by atoms with Gasteiger partial charge in [0.25, 0.3) is 11.8 Å². The van der Waals surface area contributed by atoms with Crippen LogP contribution in [0.4, 0.5) is 5.69 Å². The second-order valence-corrected chi connectivity index (χ2v) is 8.75. The Morgan fingerprint density at radius 3 is 2.72 bits per heavy atom. The summed E-state index contributed by atoms with van der Waals surface area (Å²) < 4.78 is 5.92. The maximum atomic E-state index is 12.6. The molecule has 0 unspecified atom stereocenters. The summed E-state index contributed by atoms with van der Waals surface area (Å²) in [7, 11) is 0. The Morgan fingerprint density at radius 1 is 1.21 bits per heavy atom. The molecule has 150 valence electrons. The first kappa shape index (κ1) is 19.8. The summed E-state index contributed by atoms with van der Waals surface area (Å²) in [6.07, 6.45) is 1.77. The number of halogens is 1. The van der Waals surface area contributed by atoms with Crippen molar-refractivity contribution in [3.8, 4) is 0 Å². The van der Waals surface area contributed by atoms with Gasteiger partial charge in [-0.15, -0.1) is 10.2 Å². The van der Waals surface area contributed by atoms with E-state index in [0.717, 1.165) is 29.1 Å². The first-order chi connectivity index (χ1) is 14.0. The SMILES string of the molecule is Cc1ccc(NC(=O)c2nnc([C@@H]3CCCN(C(=O)c4ccc(Br)o4)C3)s2)cc1. The van der Waals surface area contributed by atoms with Gasteiger partial charge < -0.3 is 14.6 Å². The van der Waals surface area contributed by atoms with Gasteiger partial charge in [-0.3, -0.25) is 9.59 Å². The normalized spacial score (nSPS) is 16.6. The first-order valence-corrected chi connectivity index (χ1v) is 10.9. The quantitative estimate of drug-likeness (QED) is 0.602. The van der Waals surface area contributed by atoms with Crippen molar-refractivity contribution in [2.45, 2.75) is 25.7 Å². The zero-order valence-electron chi connectivity index (χ0n) is 15.7. The predicted molar refractivity (Wildman–Crippen MR) is 113 cm³/mol. The first-order valence-electron chi connectivity index (χ1n) is 9.25. The molecular formula is C20H19BrN4O3S. The van der Waals surface area contributed by atoms with Gasteiger partial charge in [-0.25, -0.2) is 0 Å². The third kappa shape index (κ3) is 4.56. The van der Waals surface area contributed by atoms with Gasteiger partial charge in [0.15, 0.2) is 10.4 Å². The molecule has 1 aliphatic rings. The van der Waals surface area contributed by atoms with Crippen LogP contribution in [0.3, 0.4) is 0 Å². The Balaban J connectivity index is 1.42. The minimum Gasteiger partial charge on any atom is -0.444 e. The molecule has 9 heteroatoms. The van der Waals surface area contributed by atoms with Crippen molar-refractivity contribution in [1.29, 1.82) is 0 Å². The van der Waals surface area contributed by atoms with Gasteiger partial charge in [0, 0.05) is 24.7 Å². The number of hydrogen-bond donors (Lipinski definition) is 1. The van der Waals surface area contributed by atoms with Gasteiger partial charge >= 0.3 is 0 Å². The van der Waals surface area contributed by atoms with Crippen LogP contribution in [-0.2, 0) is 0 Å². The Morgan fingerprint density at radius 2 is 2.00 bits per heavy atom. The van der Waals surface area contributed by atoms with E-state index in [2.05, 4.69) is 31.4 Å². The van der Waals surface area contributed by atoms with Crippen LogP contribution in [0.15, 0.2) is 45.5 Å². The van der Waals surface area contributed by atoms with Crippen LogP contribution in [0.25, 0.3) is 0 Å². The fraction of sp³-hybridized carbons (Fsp3) is 0.300. The molecule has 3 heterocycles. The number of aromatic nitrogens is 2. The molecule has 2 amide bonds. The maximum absolute atomic E-state index is 12.6. The molecule has 1 saturated heterocycles. The van der Waals surface area contributed by atoms with Crippen molar-refractivity contribution in [3.63, 3.8) is 0 Å². The number of nitrogens with zero attached hydrogens (tertiary/aromatic N) is 3. The average Bonchev–Trinajstić information content (AvgIpc) is 3.39. The number of carbonyl (C=O) groups is 2. The van der Waals surface area contributed by atoms with Crippen molar-refractivity contribution >= 4 is 44.8 Å². The van der Waals surface area contributed by atoms with Gasteiger partial charge in [0.05, 0.1) is 0 Å². The summed E-state index contributed by atoms with van der Waals surface area (Å²) in [6, 6.07) is 10.9. The average molecular weight is 475 g/mol. The van der Waals surface area contributed by atoms with Crippen LogP contribution < -0.4 is 5.32 Å². The van der Waals surface area contributed by atoms with Crippen molar-refractivity contribution in [1.82, 2.24) is 15.1 Å². The molecule has 3 aromatic rings. The highest BCUT2D eigenvalue weighted by Gasteiger charge is 2.29. The van der Waals surface area contributed by atoms with E-state index in [4.69, 9.17) is 4.42 Å². The van der Waals surface area contributed by atoms with Gasteiger partial charge in [-0.1, -0.05) is 29.0 Å². The molecule has 0 aliphatic carbocycles. The number of anilines is 1.